The fourth-order valence-corrected chi connectivity index (χ4v) is 0.300. The second kappa shape index (κ2) is 3.43. The summed E-state index contributed by atoms with van der Waals surface area (Å²) in [4.78, 5) is 10.2. The molecule has 0 spiro atoms. The molecule has 0 aliphatic heterocycles. The number of aliphatic hydroxyl groups excluding tert-OH is 1. The third kappa shape index (κ3) is 3.61. The van der Waals surface area contributed by atoms with Gasteiger partial charge in [0.05, 0.1) is 12.5 Å². The zero-order valence-electron chi connectivity index (χ0n) is 4.76. The lowest BCUT2D eigenvalue weighted by Crippen LogP contribution is -2.09. The van der Waals surface area contributed by atoms with Gasteiger partial charge in [0.1, 0.15) is 7.11 Å². The zero-order valence-corrected chi connectivity index (χ0v) is 4.76. The van der Waals surface area contributed by atoms with Crippen LogP contribution in [-0.4, -0.2) is 17.2 Å². The van der Waals surface area contributed by atoms with E-state index in [1.54, 1.807) is 0 Å². The number of aliphatic hydroxyl groups is 1. The van der Waals surface area contributed by atoms with E-state index in [2.05, 4.69) is 11.8 Å². The highest BCUT2D eigenvalue weighted by Gasteiger charge is 2.03. The van der Waals surface area contributed by atoms with Gasteiger partial charge >= 0.3 is 5.97 Å². The van der Waals surface area contributed by atoms with Crippen molar-refractivity contribution in [3.8, 4) is 0 Å². The first kappa shape index (κ1) is 7.43. The third-order valence-electron chi connectivity index (χ3n) is 0.623. The molecule has 0 heterocycles. The highest BCUT2D eigenvalue weighted by atomic mass is 16.5. The van der Waals surface area contributed by atoms with Gasteiger partial charge in [0, 0.05) is 0 Å². The SMILES string of the molecule is [CH2]OC(=O)CC(C)O. The summed E-state index contributed by atoms with van der Waals surface area (Å²) >= 11 is 0. The molecule has 1 atom stereocenters. The molecule has 3 heteroatoms. The van der Waals surface area contributed by atoms with Crippen LogP contribution in [0.25, 0.3) is 0 Å². The molecule has 0 aliphatic carbocycles. The number of carbonyl (C=O) groups excluding carboxylic acids is 1. The molecule has 3 nitrogen and oxygen atoms in total. The molecule has 0 fully saturated rings. The molecular weight excluding hydrogens is 108 g/mol. The molecule has 0 saturated heterocycles. The lowest BCUT2D eigenvalue weighted by Gasteiger charge is -1.98. The molecule has 1 N–H and O–H groups in total. The van der Waals surface area contributed by atoms with E-state index in [4.69, 9.17) is 5.11 Å². The number of rotatable bonds is 2. The Balaban J connectivity index is 3.25. The average molecular weight is 117 g/mol. The molecule has 0 saturated carbocycles. The molecule has 1 unspecified atom stereocenters. The molecule has 47 valence electrons. The normalized spacial score (nSPS) is 12.9. The number of esters is 1. The lowest BCUT2D eigenvalue weighted by atomic mass is 10.3. The second-order valence-corrected chi connectivity index (χ2v) is 1.57. The van der Waals surface area contributed by atoms with Crippen LogP contribution in [0.3, 0.4) is 0 Å². The van der Waals surface area contributed by atoms with E-state index in [0.717, 1.165) is 0 Å². The van der Waals surface area contributed by atoms with Gasteiger partial charge in [-0.2, -0.15) is 0 Å². The van der Waals surface area contributed by atoms with E-state index >= 15 is 0 Å². The van der Waals surface area contributed by atoms with Crippen molar-refractivity contribution in [2.75, 3.05) is 0 Å². The van der Waals surface area contributed by atoms with Gasteiger partial charge in [0.15, 0.2) is 0 Å². The maximum absolute atomic E-state index is 10.2. The van der Waals surface area contributed by atoms with E-state index in [9.17, 15) is 4.79 Å². The summed E-state index contributed by atoms with van der Waals surface area (Å²) in [6.07, 6.45) is -0.618. The summed E-state index contributed by atoms with van der Waals surface area (Å²) in [5, 5.41) is 8.53. The van der Waals surface area contributed by atoms with Gasteiger partial charge in [-0.05, 0) is 6.92 Å². The average Bonchev–Trinajstić information content (AvgIpc) is 1.65. The number of hydrogen-bond acceptors (Lipinski definition) is 3. The Kier molecular flexibility index (Phi) is 3.19. The summed E-state index contributed by atoms with van der Waals surface area (Å²) < 4.78 is 4.01. The van der Waals surface area contributed by atoms with Gasteiger partial charge in [-0.3, -0.25) is 4.79 Å². The molecule has 0 amide bonds. The van der Waals surface area contributed by atoms with Crippen molar-refractivity contribution in [2.45, 2.75) is 19.4 Å². The standard InChI is InChI=1S/C5H9O3/c1-4(6)3-5(7)8-2/h4,6H,2-3H2,1H3. The summed E-state index contributed by atoms with van der Waals surface area (Å²) in [5.41, 5.74) is 0. The van der Waals surface area contributed by atoms with Crippen LogP contribution in [-0.2, 0) is 9.53 Å². The molecular formula is C5H9O3. The highest BCUT2D eigenvalue weighted by Crippen LogP contribution is 1.90. The maximum atomic E-state index is 10.2. The molecule has 0 bridgehead atoms. The van der Waals surface area contributed by atoms with Crippen molar-refractivity contribution in [2.24, 2.45) is 0 Å². The van der Waals surface area contributed by atoms with Crippen LogP contribution in [0.1, 0.15) is 13.3 Å². The third-order valence-corrected chi connectivity index (χ3v) is 0.623. The Morgan fingerprint density at radius 3 is 2.62 bits per heavy atom. The number of hydrogen-bond donors (Lipinski definition) is 1. The van der Waals surface area contributed by atoms with Crippen molar-refractivity contribution >= 4 is 5.97 Å². The van der Waals surface area contributed by atoms with Crippen LogP contribution >= 0.6 is 0 Å². The van der Waals surface area contributed by atoms with E-state index in [1.165, 1.54) is 6.92 Å². The highest BCUT2D eigenvalue weighted by molar-refractivity contribution is 5.69. The van der Waals surface area contributed by atoms with Gasteiger partial charge in [-0.25, -0.2) is 0 Å². The molecule has 0 aromatic carbocycles. The Morgan fingerprint density at radius 2 is 2.50 bits per heavy atom. The van der Waals surface area contributed by atoms with E-state index < -0.39 is 12.1 Å². The summed E-state index contributed by atoms with van der Waals surface area (Å²) in [7, 11) is 2.88. The smallest absolute Gasteiger partial charge is 0.308 e. The monoisotopic (exact) mass is 117 g/mol. The minimum Gasteiger partial charge on any atom is -0.462 e. The fourth-order valence-electron chi connectivity index (χ4n) is 0.300. The molecule has 0 rings (SSSR count). The molecule has 0 aliphatic rings. The Bertz CT molecular complexity index is 77.7. The van der Waals surface area contributed by atoms with Crippen LogP contribution in [0, 0.1) is 7.11 Å². The van der Waals surface area contributed by atoms with Gasteiger partial charge in [0.25, 0.3) is 0 Å². The van der Waals surface area contributed by atoms with E-state index in [1.807, 2.05) is 0 Å². The minimum absolute atomic E-state index is 0.0174. The lowest BCUT2D eigenvalue weighted by molar-refractivity contribution is -0.140. The summed E-state index contributed by atoms with van der Waals surface area (Å²) in [5.74, 6) is -0.486. The number of carbonyl (C=O) groups is 1. The summed E-state index contributed by atoms with van der Waals surface area (Å²) in [6, 6.07) is 0. The van der Waals surface area contributed by atoms with Crippen molar-refractivity contribution in [1.82, 2.24) is 0 Å². The first-order chi connectivity index (χ1) is 3.66. The van der Waals surface area contributed by atoms with Gasteiger partial charge in [-0.1, -0.05) is 0 Å². The first-order valence-corrected chi connectivity index (χ1v) is 2.29. The molecule has 0 aromatic rings. The first-order valence-electron chi connectivity index (χ1n) is 2.29. The zero-order chi connectivity index (χ0) is 6.57. The van der Waals surface area contributed by atoms with Gasteiger partial charge in [-0.15, -0.1) is 0 Å². The van der Waals surface area contributed by atoms with Crippen molar-refractivity contribution in [3.05, 3.63) is 7.11 Å². The van der Waals surface area contributed by atoms with Gasteiger partial charge in [0.2, 0.25) is 0 Å². The maximum Gasteiger partial charge on any atom is 0.308 e. The quantitative estimate of drug-likeness (QED) is 0.521. The second-order valence-electron chi connectivity index (χ2n) is 1.57. The van der Waals surface area contributed by atoms with E-state index in [0.29, 0.717) is 0 Å². The molecule has 0 aromatic heterocycles. The predicted molar refractivity (Wildman–Crippen MR) is 27.7 cm³/mol. The fraction of sp³-hybridized carbons (Fsp3) is 0.600. The Morgan fingerprint density at radius 1 is 2.00 bits per heavy atom. The van der Waals surface area contributed by atoms with Crippen LogP contribution in [0.4, 0.5) is 0 Å². The van der Waals surface area contributed by atoms with Gasteiger partial charge < -0.3 is 9.84 Å². The Hall–Kier alpha value is -0.570. The predicted octanol–water partition coefficient (Wildman–Crippen LogP) is 0.0921. The topological polar surface area (TPSA) is 46.5 Å². The number of ether oxygens (including phenoxy) is 1. The van der Waals surface area contributed by atoms with Crippen molar-refractivity contribution < 1.29 is 14.6 Å². The van der Waals surface area contributed by atoms with Crippen molar-refractivity contribution in [3.63, 3.8) is 0 Å². The van der Waals surface area contributed by atoms with Crippen LogP contribution in [0.2, 0.25) is 0 Å². The largest absolute Gasteiger partial charge is 0.462 e. The Labute approximate surface area is 48.3 Å². The summed E-state index contributed by atoms with van der Waals surface area (Å²) in [6.45, 7) is 1.51. The van der Waals surface area contributed by atoms with Crippen LogP contribution in [0.15, 0.2) is 0 Å². The molecule has 8 heavy (non-hydrogen) atoms. The minimum atomic E-state index is -0.635. The van der Waals surface area contributed by atoms with Crippen LogP contribution < -0.4 is 0 Å². The van der Waals surface area contributed by atoms with E-state index in [-0.39, 0.29) is 6.42 Å². The molecule has 1 radical (unpaired) electrons. The van der Waals surface area contributed by atoms with Crippen molar-refractivity contribution in [1.29, 1.82) is 0 Å². The van der Waals surface area contributed by atoms with Crippen LogP contribution in [0.5, 0.6) is 0 Å².